The maximum absolute atomic E-state index is 11.8. The molecule has 0 aliphatic carbocycles. The molecule has 17 heavy (non-hydrogen) atoms. The van der Waals surface area contributed by atoms with Gasteiger partial charge in [-0.2, -0.15) is 13.2 Å². The van der Waals surface area contributed by atoms with Gasteiger partial charge in [-0.15, -0.1) is 5.06 Å². The Morgan fingerprint density at radius 3 is 2.35 bits per heavy atom. The van der Waals surface area contributed by atoms with Gasteiger partial charge in [0.1, 0.15) is 9.84 Å². The normalized spacial score (nSPS) is 18.8. The van der Waals surface area contributed by atoms with Crippen molar-refractivity contribution in [2.75, 3.05) is 24.6 Å². The van der Waals surface area contributed by atoms with E-state index in [1.54, 1.807) is 0 Å². The second kappa shape index (κ2) is 4.81. The van der Waals surface area contributed by atoms with Gasteiger partial charge < -0.3 is 4.84 Å². The summed E-state index contributed by atoms with van der Waals surface area (Å²) in [7, 11) is -3.15. The molecule has 0 aromatic heterocycles. The van der Waals surface area contributed by atoms with Crippen LogP contribution in [0, 0.1) is 5.92 Å². The van der Waals surface area contributed by atoms with E-state index in [4.69, 9.17) is 0 Å². The Morgan fingerprint density at radius 2 is 1.94 bits per heavy atom. The van der Waals surface area contributed by atoms with E-state index < -0.39 is 22.0 Å². The molecule has 0 bridgehead atoms. The number of hydroxylamine groups is 2. The third-order valence-electron chi connectivity index (χ3n) is 2.30. The number of hydrogen-bond acceptors (Lipinski definition) is 5. The molecule has 1 saturated heterocycles. The van der Waals surface area contributed by atoms with Gasteiger partial charge in [0.2, 0.25) is 0 Å². The summed E-state index contributed by atoms with van der Waals surface area (Å²) in [5.41, 5.74) is 0. The zero-order chi connectivity index (χ0) is 13.3. The molecule has 0 atom stereocenters. The summed E-state index contributed by atoms with van der Waals surface area (Å²) in [6.45, 7) is 1.53. The summed E-state index contributed by atoms with van der Waals surface area (Å²) >= 11 is 0. The standard InChI is InChI=1S/C8H12F3NO4S/c1-2-17(14,15)5-6-3-12(4-6)16-7(13)8(9,10)11/h6H,2-5H2,1H3. The van der Waals surface area contributed by atoms with Gasteiger partial charge in [-0.25, -0.2) is 13.2 Å². The molecule has 0 spiro atoms. The Bertz CT molecular complexity index is 386. The molecular weight excluding hydrogens is 263 g/mol. The minimum atomic E-state index is -5.03. The fourth-order valence-electron chi connectivity index (χ4n) is 1.35. The first-order valence-electron chi connectivity index (χ1n) is 4.88. The fourth-order valence-corrected chi connectivity index (χ4v) is 2.51. The molecule has 0 aromatic carbocycles. The van der Waals surface area contributed by atoms with Gasteiger partial charge in [-0.3, -0.25) is 0 Å². The molecule has 0 saturated carbocycles. The smallest absolute Gasteiger partial charge is 0.361 e. The molecule has 1 aliphatic heterocycles. The highest BCUT2D eigenvalue weighted by molar-refractivity contribution is 7.91. The van der Waals surface area contributed by atoms with Crippen LogP contribution < -0.4 is 0 Å². The molecule has 1 rings (SSSR count). The molecular formula is C8H12F3NO4S. The Morgan fingerprint density at radius 1 is 1.41 bits per heavy atom. The molecule has 1 aliphatic rings. The van der Waals surface area contributed by atoms with Gasteiger partial charge in [-0.1, -0.05) is 6.92 Å². The number of carbonyl (C=O) groups is 1. The van der Waals surface area contributed by atoms with Crippen LogP contribution in [0.1, 0.15) is 6.92 Å². The first-order chi connectivity index (χ1) is 7.64. The number of rotatable bonds is 4. The number of hydrogen-bond donors (Lipinski definition) is 0. The molecule has 0 radical (unpaired) electrons. The number of carbonyl (C=O) groups excluding carboxylic acids is 1. The predicted octanol–water partition coefficient (Wildman–Crippen LogP) is 0.373. The molecule has 100 valence electrons. The van der Waals surface area contributed by atoms with Crippen LogP contribution in [0.5, 0.6) is 0 Å². The summed E-state index contributed by atoms with van der Waals surface area (Å²) < 4.78 is 57.8. The lowest BCUT2D eigenvalue weighted by Crippen LogP contribution is -2.51. The van der Waals surface area contributed by atoms with E-state index in [0.717, 1.165) is 5.06 Å². The van der Waals surface area contributed by atoms with Crippen molar-refractivity contribution in [1.82, 2.24) is 5.06 Å². The molecule has 5 nitrogen and oxygen atoms in total. The highest BCUT2D eigenvalue weighted by atomic mass is 32.2. The molecule has 1 heterocycles. The van der Waals surface area contributed by atoms with E-state index in [2.05, 4.69) is 4.84 Å². The van der Waals surface area contributed by atoms with E-state index in [1.807, 2.05) is 0 Å². The van der Waals surface area contributed by atoms with Crippen molar-refractivity contribution in [1.29, 1.82) is 0 Å². The van der Waals surface area contributed by atoms with Gasteiger partial charge >= 0.3 is 12.1 Å². The third kappa shape index (κ3) is 4.15. The largest absolute Gasteiger partial charge is 0.492 e. The van der Waals surface area contributed by atoms with Gasteiger partial charge in [-0.05, 0) is 0 Å². The average Bonchev–Trinajstić information content (AvgIpc) is 2.12. The number of halogens is 3. The van der Waals surface area contributed by atoms with Crippen molar-refractivity contribution in [2.45, 2.75) is 13.1 Å². The molecule has 0 amide bonds. The maximum atomic E-state index is 11.8. The third-order valence-corrected chi connectivity index (χ3v) is 4.16. The Balaban J connectivity index is 2.32. The minimum Gasteiger partial charge on any atom is -0.361 e. The van der Waals surface area contributed by atoms with Crippen LogP contribution in [0.25, 0.3) is 0 Å². The molecule has 0 aromatic rings. The van der Waals surface area contributed by atoms with Crippen LogP contribution in [-0.2, 0) is 19.5 Å². The van der Waals surface area contributed by atoms with E-state index in [0.29, 0.717) is 0 Å². The summed E-state index contributed by atoms with van der Waals surface area (Å²) in [5.74, 6) is -2.66. The molecule has 0 unspecified atom stereocenters. The quantitative estimate of drug-likeness (QED) is 0.742. The zero-order valence-electron chi connectivity index (χ0n) is 9.03. The van der Waals surface area contributed by atoms with E-state index >= 15 is 0 Å². The Hall–Kier alpha value is -0.830. The monoisotopic (exact) mass is 275 g/mol. The second-order valence-electron chi connectivity index (χ2n) is 3.79. The SMILES string of the molecule is CCS(=O)(=O)CC1CN(OC(=O)C(F)(F)F)C1. The lowest BCUT2D eigenvalue weighted by molar-refractivity contribution is -0.257. The van der Waals surface area contributed by atoms with Crippen molar-refractivity contribution in [2.24, 2.45) is 5.92 Å². The van der Waals surface area contributed by atoms with Crippen molar-refractivity contribution >= 4 is 15.8 Å². The lowest BCUT2D eigenvalue weighted by atomic mass is 10.1. The van der Waals surface area contributed by atoms with Gasteiger partial charge in [0.05, 0.1) is 5.75 Å². The van der Waals surface area contributed by atoms with Crippen molar-refractivity contribution < 1.29 is 31.2 Å². The van der Waals surface area contributed by atoms with Crippen LogP contribution in [0.2, 0.25) is 0 Å². The average molecular weight is 275 g/mol. The molecule has 0 N–H and O–H groups in total. The van der Waals surface area contributed by atoms with Crippen molar-refractivity contribution in [3.8, 4) is 0 Å². The molecule has 1 fully saturated rings. The Labute approximate surface area is 96.4 Å². The number of sulfone groups is 1. The van der Waals surface area contributed by atoms with Crippen LogP contribution in [0.4, 0.5) is 13.2 Å². The number of nitrogens with zero attached hydrogens (tertiary/aromatic N) is 1. The summed E-state index contributed by atoms with van der Waals surface area (Å²) in [5, 5.41) is 0.811. The van der Waals surface area contributed by atoms with Crippen molar-refractivity contribution in [3.63, 3.8) is 0 Å². The van der Waals surface area contributed by atoms with Gasteiger partial charge in [0.25, 0.3) is 0 Å². The van der Waals surface area contributed by atoms with Gasteiger partial charge in [0, 0.05) is 24.8 Å². The van der Waals surface area contributed by atoms with Crippen molar-refractivity contribution in [3.05, 3.63) is 0 Å². The summed E-state index contributed by atoms with van der Waals surface area (Å²) in [4.78, 5) is 14.4. The molecule has 9 heteroatoms. The maximum Gasteiger partial charge on any atom is 0.492 e. The second-order valence-corrected chi connectivity index (χ2v) is 6.19. The highest BCUT2D eigenvalue weighted by Crippen LogP contribution is 2.22. The van der Waals surface area contributed by atoms with E-state index in [-0.39, 0.29) is 30.5 Å². The highest BCUT2D eigenvalue weighted by Gasteiger charge is 2.44. The topological polar surface area (TPSA) is 63.7 Å². The lowest BCUT2D eigenvalue weighted by Gasteiger charge is -2.36. The predicted molar refractivity (Wildman–Crippen MR) is 51.5 cm³/mol. The zero-order valence-corrected chi connectivity index (χ0v) is 9.84. The summed E-state index contributed by atoms with van der Waals surface area (Å²) in [6.07, 6.45) is -5.03. The van der Waals surface area contributed by atoms with Crippen LogP contribution in [-0.4, -0.2) is 50.2 Å². The Kier molecular flexibility index (Phi) is 4.03. The van der Waals surface area contributed by atoms with Crippen LogP contribution >= 0.6 is 0 Å². The first kappa shape index (κ1) is 14.2. The number of alkyl halides is 3. The van der Waals surface area contributed by atoms with Crippen LogP contribution in [0.3, 0.4) is 0 Å². The van der Waals surface area contributed by atoms with E-state index in [1.165, 1.54) is 6.92 Å². The summed E-state index contributed by atoms with van der Waals surface area (Å²) in [6, 6.07) is 0. The van der Waals surface area contributed by atoms with E-state index in [9.17, 15) is 26.4 Å². The van der Waals surface area contributed by atoms with Gasteiger partial charge in [0.15, 0.2) is 0 Å². The van der Waals surface area contributed by atoms with Crippen LogP contribution in [0.15, 0.2) is 0 Å². The minimum absolute atomic E-state index is 0.00810. The first-order valence-corrected chi connectivity index (χ1v) is 6.70. The fraction of sp³-hybridized carbons (Fsp3) is 0.875.